The number of hydrogen-bond donors (Lipinski definition) is 1. The maximum Gasteiger partial charge on any atom is 0.341 e. The molecule has 2 aromatic rings. The smallest absolute Gasteiger partial charge is 0.341 e. The zero-order valence-corrected chi connectivity index (χ0v) is 19.0. The summed E-state index contributed by atoms with van der Waals surface area (Å²) < 4.78 is 6.12. The van der Waals surface area contributed by atoms with E-state index in [1.54, 1.807) is 42.3 Å². The number of nitrogens with zero attached hydrogens (tertiary/aromatic N) is 2. The van der Waals surface area contributed by atoms with Gasteiger partial charge in [-0.3, -0.25) is 4.79 Å². The van der Waals surface area contributed by atoms with Gasteiger partial charge in [-0.2, -0.15) is 0 Å². The molecule has 0 saturated carbocycles. The van der Waals surface area contributed by atoms with Gasteiger partial charge >= 0.3 is 5.97 Å². The first-order valence-electron chi connectivity index (χ1n) is 10.3. The predicted octanol–water partition coefficient (Wildman–Crippen LogP) is 3.69. The molecule has 4 rings (SSSR count). The Bertz CT molecular complexity index is 1060. The van der Waals surface area contributed by atoms with Crippen molar-refractivity contribution in [3.63, 3.8) is 0 Å². The number of amides is 1. The first-order valence-corrected chi connectivity index (χ1v) is 11.1. The topological polar surface area (TPSA) is 80.2 Å². The van der Waals surface area contributed by atoms with E-state index in [9.17, 15) is 9.59 Å². The molecule has 1 amide bonds. The van der Waals surface area contributed by atoms with E-state index in [-0.39, 0.29) is 24.3 Å². The van der Waals surface area contributed by atoms with Crippen LogP contribution in [0.5, 0.6) is 0 Å². The van der Waals surface area contributed by atoms with E-state index >= 15 is 0 Å². The molecule has 2 aliphatic heterocycles. The summed E-state index contributed by atoms with van der Waals surface area (Å²) in [5.74, 6) is -0.519. The maximum atomic E-state index is 13.2. The van der Waals surface area contributed by atoms with Gasteiger partial charge in [0.1, 0.15) is 0 Å². The van der Waals surface area contributed by atoms with Gasteiger partial charge in [-0.05, 0) is 29.8 Å². The Kier molecular flexibility index (Phi) is 7.10. The molecule has 1 fully saturated rings. The van der Waals surface area contributed by atoms with Crippen LogP contribution in [0.3, 0.4) is 0 Å². The Balaban J connectivity index is 1.51. The van der Waals surface area contributed by atoms with Crippen molar-refractivity contribution < 1.29 is 19.2 Å². The first-order chi connectivity index (χ1) is 15.4. The van der Waals surface area contributed by atoms with Crippen LogP contribution in [0.25, 0.3) is 0 Å². The third-order valence-corrected chi connectivity index (χ3v) is 6.29. The van der Waals surface area contributed by atoms with Crippen molar-refractivity contribution in [3.05, 3.63) is 69.2 Å². The zero-order chi connectivity index (χ0) is 22.7. The minimum Gasteiger partial charge on any atom is -0.372 e. The number of ether oxygens (including phenoxy) is 1. The Morgan fingerprint density at radius 1 is 1.22 bits per heavy atom. The second kappa shape index (κ2) is 10.0. The number of halogens is 2. The van der Waals surface area contributed by atoms with Crippen LogP contribution in [0.4, 0.5) is 0 Å². The highest BCUT2D eigenvalue weighted by Crippen LogP contribution is 2.32. The van der Waals surface area contributed by atoms with E-state index < -0.39 is 5.97 Å². The third-order valence-electron chi connectivity index (χ3n) is 5.55. The fraction of sp³-hybridized carbons (Fsp3) is 0.348. The monoisotopic (exact) mass is 475 g/mol. The van der Waals surface area contributed by atoms with Crippen molar-refractivity contribution in [1.29, 1.82) is 0 Å². The minimum atomic E-state index is -0.400. The van der Waals surface area contributed by atoms with Gasteiger partial charge in [0.05, 0.1) is 34.9 Å². The number of carbonyl (C=O) groups is 2. The van der Waals surface area contributed by atoms with Crippen molar-refractivity contribution in [2.24, 2.45) is 11.1 Å². The van der Waals surface area contributed by atoms with Crippen LogP contribution >= 0.6 is 23.2 Å². The lowest BCUT2D eigenvalue weighted by Gasteiger charge is -2.29. The van der Waals surface area contributed by atoms with Crippen molar-refractivity contribution in [2.45, 2.75) is 12.5 Å². The largest absolute Gasteiger partial charge is 0.372 e. The molecule has 0 spiro atoms. The molecule has 0 unspecified atom stereocenters. The van der Waals surface area contributed by atoms with E-state index in [0.29, 0.717) is 46.6 Å². The molecular weight excluding hydrogens is 453 g/mol. The summed E-state index contributed by atoms with van der Waals surface area (Å²) in [6, 6.07) is 12.6. The molecule has 1 saturated heterocycles. The number of nitrogens with one attached hydrogen (secondary N) is 1. The molecule has 2 heterocycles. The minimum absolute atomic E-state index is 0.0112. The molecule has 1 N–H and O–H groups in total. The van der Waals surface area contributed by atoms with Gasteiger partial charge in [0, 0.05) is 43.7 Å². The van der Waals surface area contributed by atoms with Crippen molar-refractivity contribution >= 4 is 40.8 Å². The Morgan fingerprint density at radius 2 is 2.06 bits per heavy atom. The maximum absolute atomic E-state index is 13.2. The Labute approximate surface area is 196 Å². The standard InChI is InChI=1S/C23H23Cl2N3O4/c1-28(23(30)16-4-2-3-14(9-16)20-11-21(29)32-27-20)13-17-12-26-7-8-31-22(17)15-5-6-18(24)19(25)10-15/h2-6,9-10,17,22,26H,7-8,11-13H2,1H3/t17-,22-/m0/s1. The Hall–Kier alpha value is -2.45. The summed E-state index contributed by atoms with van der Waals surface area (Å²) in [6.45, 7) is 2.46. The lowest BCUT2D eigenvalue weighted by molar-refractivity contribution is -0.140. The lowest BCUT2D eigenvalue weighted by Crippen LogP contribution is -2.38. The molecule has 0 bridgehead atoms. The van der Waals surface area contributed by atoms with E-state index in [1.807, 2.05) is 12.1 Å². The number of carbonyl (C=O) groups excluding carboxylic acids is 2. The van der Waals surface area contributed by atoms with Crippen LogP contribution in [-0.2, 0) is 14.4 Å². The highest BCUT2D eigenvalue weighted by Gasteiger charge is 2.29. The molecule has 32 heavy (non-hydrogen) atoms. The van der Waals surface area contributed by atoms with Crippen molar-refractivity contribution in [3.8, 4) is 0 Å². The summed E-state index contributed by atoms with van der Waals surface area (Å²) in [6.07, 6.45) is -0.124. The Morgan fingerprint density at radius 3 is 2.81 bits per heavy atom. The van der Waals surface area contributed by atoms with Gasteiger partial charge in [0.25, 0.3) is 5.91 Å². The normalized spacial score (nSPS) is 21.0. The number of rotatable bonds is 5. The van der Waals surface area contributed by atoms with Crippen LogP contribution in [-0.4, -0.2) is 55.8 Å². The second-order valence-corrected chi connectivity index (χ2v) is 8.69. The average Bonchev–Trinajstić information content (AvgIpc) is 3.10. The van der Waals surface area contributed by atoms with Crippen LogP contribution in [0.1, 0.15) is 34.0 Å². The molecule has 9 heteroatoms. The number of benzene rings is 2. The van der Waals surface area contributed by atoms with Crippen LogP contribution in [0, 0.1) is 5.92 Å². The predicted molar refractivity (Wildman–Crippen MR) is 122 cm³/mol. The molecular formula is C23H23Cl2N3O4. The summed E-state index contributed by atoms with van der Waals surface area (Å²) >= 11 is 12.3. The summed E-state index contributed by atoms with van der Waals surface area (Å²) in [7, 11) is 1.77. The van der Waals surface area contributed by atoms with E-state index in [2.05, 4.69) is 15.3 Å². The van der Waals surface area contributed by atoms with E-state index in [0.717, 1.165) is 12.1 Å². The van der Waals surface area contributed by atoms with E-state index in [4.69, 9.17) is 27.9 Å². The zero-order valence-electron chi connectivity index (χ0n) is 17.5. The average molecular weight is 476 g/mol. The highest BCUT2D eigenvalue weighted by molar-refractivity contribution is 6.42. The van der Waals surface area contributed by atoms with Gasteiger partial charge in [0.15, 0.2) is 0 Å². The summed E-state index contributed by atoms with van der Waals surface area (Å²) in [4.78, 5) is 30.9. The number of hydrogen-bond acceptors (Lipinski definition) is 6. The molecule has 0 aliphatic carbocycles. The van der Waals surface area contributed by atoms with Gasteiger partial charge in [0.2, 0.25) is 0 Å². The van der Waals surface area contributed by atoms with Gasteiger partial charge < -0.3 is 19.8 Å². The van der Waals surface area contributed by atoms with Crippen LogP contribution in [0.15, 0.2) is 47.6 Å². The molecule has 2 aliphatic rings. The van der Waals surface area contributed by atoms with Gasteiger partial charge in [-0.1, -0.05) is 46.6 Å². The third kappa shape index (κ3) is 5.13. The van der Waals surface area contributed by atoms with Crippen LogP contribution in [0.2, 0.25) is 10.0 Å². The van der Waals surface area contributed by atoms with Gasteiger partial charge in [-0.15, -0.1) is 0 Å². The first kappa shape index (κ1) is 22.7. The van der Waals surface area contributed by atoms with Gasteiger partial charge in [-0.25, -0.2) is 4.79 Å². The summed E-state index contributed by atoms with van der Waals surface area (Å²) in [5, 5.41) is 8.13. The highest BCUT2D eigenvalue weighted by atomic mass is 35.5. The number of oxime groups is 1. The molecule has 168 valence electrons. The molecule has 0 aromatic heterocycles. The molecule has 7 nitrogen and oxygen atoms in total. The molecule has 2 aromatic carbocycles. The van der Waals surface area contributed by atoms with Crippen molar-refractivity contribution in [1.82, 2.24) is 10.2 Å². The lowest BCUT2D eigenvalue weighted by atomic mass is 9.94. The second-order valence-electron chi connectivity index (χ2n) is 7.87. The van der Waals surface area contributed by atoms with Crippen LogP contribution < -0.4 is 5.32 Å². The van der Waals surface area contributed by atoms with Crippen molar-refractivity contribution in [2.75, 3.05) is 33.3 Å². The SMILES string of the molecule is CN(C[C@@H]1CNCCO[C@H]1c1ccc(Cl)c(Cl)c1)C(=O)c1cccc(C2=NOC(=O)C2)c1. The fourth-order valence-electron chi connectivity index (χ4n) is 3.96. The molecule has 2 atom stereocenters. The molecule has 0 radical (unpaired) electrons. The fourth-order valence-corrected chi connectivity index (χ4v) is 4.26. The summed E-state index contributed by atoms with van der Waals surface area (Å²) in [5.41, 5.74) is 2.66. The quantitative estimate of drug-likeness (QED) is 0.666. The van der Waals surface area contributed by atoms with E-state index in [1.165, 1.54) is 0 Å².